The molecule has 0 unspecified atom stereocenters. The van der Waals surface area contributed by atoms with Crippen molar-refractivity contribution in [1.29, 1.82) is 0 Å². The molecule has 1 atom stereocenters. The highest BCUT2D eigenvalue weighted by Gasteiger charge is 2.27. The average molecular weight is 310 g/mol. The van der Waals surface area contributed by atoms with E-state index < -0.39 is 12.0 Å². The molecule has 0 radical (unpaired) electrons. The summed E-state index contributed by atoms with van der Waals surface area (Å²) in [6, 6.07) is -0.427. The van der Waals surface area contributed by atoms with Crippen LogP contribution >= 0.6 is 0 Å². The van der Waals surface area contributed by atoms with Crippen molar-refractivity contribution in [2.24, 2.45) is 0 Å². The van der Waals surface area contributed by atoms with Gasteiger partial charge < -0.3 is 20.4 Å². The van der Waals surface area contributed by atoms with E-state index in [9.17, 15) is 14.4 Å². The van der Waals surface area contributed by atoms with Crippen molar-refractivity contribution in [1.82, 2.24) is 10.3 Å². The summed E-state index contributed by atoms with van der Waals surface area (Å²) >= 11 is 0. The maximum Gasteiger partial charge on any atom is 0.340 e. The molecule has 0 saturated heterocycles. The number of ether oxygens (including phenoxy) is 1. The Morgan fingerprint density at radius 2 is 1.95 bits per heavy atom. The summed E-state index contributed by atoms with van der Waals surface area (Å²) in [4.78, 5) is 38.6. The van der Waals surface area contributed by atoms with Gasteiger partial charge >= 0.3 is 5.97 Å². The number of carbonyl (C=O) groups is 3. The highest BCUT2D eigenvalue weighted by molar-refractivity contribution is 6.03. The van der Waals surface area contributed by atoms with E-state index in [0.717, 1.165) is 0 Å². The Kier molecular flexibility index (Phi) is 6.30. The Hall–Kier alpha value is -2.15. The van der Waals surface area contributed by atoms with Crippen molar-refractivity contribution in [3.63, 3.8) is 0 Å². The third-order valence-electron chi connectivity index (χ3n) is 3.51. The van der Waals surface area contributed by atoms with Gasteiger partial charge in [0.15, 0.2) is 6.54 Å². The first-order valence-corrected chi connectivity index (χ1v) is 7.27. The third kappa shape index (κ3) is 3.94. The lowest BCUT2D eigenvalue weighted by atomic mass is 10.0. The van der Waals surface area contributed by atoms with Crippen molar-refractivity contribution in [2.75, 3.05) is 20.2 Å². The number of nitrogens with two attached hydrogens (primary N) is 1. The van der Waals surface area contributed by atoms with Gasteiger partial charge in [-0.1, -0.05) is 0 Å². The molecule has 0 spiro atoms. The number of rotatable bonds is 7. The second-order valence-corrected chi connectivity index (χ2v) is 5.11. The number of quaternary nitrogens is 1. The van der Waals surface area contributed by atoms with Crippen molar-refractivity contribution < 1.29 is 24.4 Å². The van der Waals surface area contributed by atoms with Crippen molar-refractivity contribution in [3.05, 3.63) is 22.5 Å². The number of H-pyrrole nitrogens is 1. The lowest BCUT2D eigenvalue weighted by Gasteiger charge is -2.09. The molecule has 122 valence electrons. The number of aryl methyl sites for hydroxylation is 1. The van der Waals surface area contributed by atoms with Gasteiger partial charge in [-0.15, -0.1) is 0 Å². The molecule has 0 saturated carbocycles. The third-order valence-corrected chi connectivity index (χ3v) is 3.51. The molecule has 0 aliphatic heterocycles. The van der Waals surface area contributed by atoms with Crippen LogP contribution in [0.2, 0.25) is 0 Å². The van der Waals surface area contributed by atoms with Crippen LogP contribution < -0.4 is 10.6 Å². The normalized spacial score (nSPS) is 11.9. The molecule has 1 aromatic rings. The van der Waals surface area contributed by atoms with Crippen LogP contribution in [-0.2, 0) is 9.53 Å². The predicted molar refractivity (Wildman–Crippen MR) is 80.9 cm³/mol. The molecule has 0 aliphatic rings. The Morgan fingerprint density at radius 3 is 2.50 bits per heavy atom. The van der Waals surface area contributed by atoms with Gasteiger partial charge in [0.05, 0.1) is 17.9 Å². The van der Waals surface area contributed by atoms with E-state index in [1.807, 2.05) is 0 Å². The van der Waals surface area contributed by atoms with Gasteiger partial charge in [0, 0.05) is 12.7 Å². The van der Waals surface area contributed by atoms with Crippen LogP contribution in [0.1, 0.15) is 46.0 Å². The standard InChI is InChI=1S/C15H23N3O4/c1-6-22-15(21)12-8(2)13(18-9(12)3)14(20)10(4)17-7-11(19)16-5/h10,17-18H,6-7H2,1-5H3,(H,16,19)/p+1/t10-/m0/s1. The number of carbonyl (C=O) groups excluding carboxylic acids is 3. The van der Waals surface area contributed by atoms with Gasteiger partial charge in [-0.3, -0.25) is 9.59 Å². The lowest BCUT2D eigenvalue weighted by Crippen LogP contribution is -2.93. The van der Waals surface area contributed by atoms with Gasteiger partial charge in [-0.25, -0.2) is 4.79 Å². The van der Waals surface area contributed by atoms with Gasteiger partial charge in [-0.05, 0) is 33.3 Å². The molecule has 1 amide bonds. The highest BCUT2D eigenvalue weighted by Crippen LogP contribution is 2.19. The number of ketones is 1. The van der Waals surface area contributed by atoms with Crippen LogP contribution in [0.3, 0.4) is 0 Å². The first-order valence-electron chi connectivity index (χ1n) is 7.27. The summed E-state index contributed by atoms with van der Waals surface area (Å²) < 4.78 is 5.01. The number of amides is 1. The van der Waals surface area contributed by atoms with Crippen LogP contribution in [-0.4, -0.2) is 48.9 Å². The van der Waals surface area contributed by atoms with E-state index in [1.54, 1.807) is 40.1 Å². The molecule has 0 fully saturated rings. The topological polar surface area (TPSA) is 105 Å². The average Bonchev–Trinajstić information content (AvgIpc) is 2.78. The quantitative estimate of drug-likeness (QED) is 0.474. The van der Waals surface area contributed by atoms with E-state index in [-0.39, 0.29) is 24.8 Å². The number of Topliss-reactive ketones (excluding diaryl/α,β-unsaturated/α-hetero) is 1. The first-order chi connectivity index (χ1) is 10.3. The fourth-order valence-electron chi connectivity index (χ4n) is 2.23. The Labute approximate surface area is 129 Å². The molecule has 7 heteroatoms. The minimum atomic E-state index is -0.435. The molecule has 7 nitrogen and oxygen atoms in total. The molecular weight excluding hydrogens is 286 g/mol. The molecule has 0 aromatic carbocycles. The minimum Gasteiger partial charge on any atom is -0.462 e. The summed E-state index contributed by atoms with van der Waals surface area (Å²) in [5.41, 5.74) is 1.99. The molecule has 1 heterocycles. The second-order valence-electron chi connectivity index (χ2n) is 5.11. The summed E-state index contributed by atoms with van der Waals surface area (Å²) in [6.45, 7) is 7.36. The SMILES string of the molecule is CCOC(=O)c1c(C)[nH]c(C(=O)[C@H](C)[NH2+]CC(=O)NC)c1C. The maximum atomic E-state index is 12.5. The van der Waals surface area contributed by atoms with Crippen molar-refractivity contribution in [3.8, 4) is 0 Å². The largest absolute Gasteiger partial charge is 0.462 e. The van der Waals surface area contributed by atoms with Crippen LogP contribution in [0.5, 0.6) is 0 Å². The van der Waals surface area contributed by atoms with Gasteiger partial charge in [0.25, 0.3) is 5.91 Å². The molecular formula is C15H24N3O4+. The monoisotopic (exact) mass is 310 g/mol. The maximum absolute atomic E-state index is 12.5. The smallest absolute Gasteiger partial charge is 0.340 e. The molecule has 4 N–H and O–H groups in total. The molecule has 1 rings (SSSR count). The second kappa shape index (κ2) is 7.74. The van der Waals surface area contributed by atoms with Crippen LogP contribution in [0.15, 0.2) is 0 Å². The van der Waals surface area contributed by atoms with Gasteiger partial charge in [-0.2, -0.15) is 0 Å². The van der Waals surface area contributed by atoms with Crippen molar-refractivity contribution >= 4 is 17.7 Å². The molecule has 0 aliphatic carbocycles. The molecule has 1 aromatic heterocycles. The first kappa shape index (κ1) is 17.9. The molecule has 0 bridgehead atoms. The zero-order valence-electron chi connectivity index (χ0n) is 13.7. The number of hydrogen-bond donors (Lipinski definition) is 3. The highest BCUT2D eigenvalue weighted by atomic mass is 16.5. The lowest BCUT2D eigenvalue weighted by molar-refractivity contribution is -0.661. The zero-order chi connectivity index (χ0) is 16.9. The number of aromatic amines is 1. The summed E-state index contributed by atoms with van der Waals surface area (Å²) in [5, 5.41) is 4.16. The van der Waals surface area contributed by atoms with Gasteiger partial charge in [0.1, 0.15) is 6.04 Å². The minimum absolute atomic E-state index is 0.147. The predicted octanol–water partition coefficient (Wildman–Crippen LogP) is -0.311. The van der Waals surface area contributed by atoms with Crippen LogP contribution in [0.25, 0.3) is 0 Å². The van der Waals surface area contributed by atoms with Crippen LogP contribution in [0.4, 0.5) is 0 Å². The molecule has 22 heavy (non-hydrogen) atoms. The number of aromatic nitrogens is 1. The Balaban J connectivity index is 2.93. The summed E-state index contributed by atoms with van der Waals surface area (Å²) in [7, 11) is 1.55. The summed E-state index contributed by atoms with van der Waals surface area (Å²) in [5.74, 6) is -0.735. The van der Waals surface area contributed by atoms with Crippen LogP contribution in [0, 0.1) is 13.8 Å². The van der Waals surface area contributed by atoms with Crippen molar-refractivity contribution in [2.45, 2.75) is 33.7 Å². The number of esters is 1. The summed E-state index contributed by atoms with van der Waals surface area (Å²) in [6.07, 6.45) is 0. The zero-order valence-corrected chi connectivity index (χ0v) is 13.7. The Bertz CT molecular complexity index is 578. The number of hydrogen-bond acceptors (Lipinski definition) is 4. The Morgan fingerprint density at radius 1 is 1.32 bits per heavy atom. The van der Waals surface area contributed by atoms with E-state index in [4.69, 9.17) is 4.74 Å². The van der Waals surface area contributed by atoms with E-state index >= 15 is 0 Å². The van der Waals surface area contributed by atoms with Gasteiger partial charge in [0.2, 0.25) is 5.78 Å². The number of likely N-dealkylation sites (N-methyl/N-ethyl adjacent to an activating group) is 1. The van der Waals surface area contributed by atoms with E-state index in [2.05, 4.69) is 10.3 Å². The fourth-order valence-corrected chi connectivity index (χ4v) is 2.23. The van der Waals surface area contributed by atoms with E-state index in [0.29, 0.717) is 22.5 Å². The number of nitrogens with one attached hydrogen (secondary N) is 2. The fraction of sp³-hybridized carbons (Fsp3) is 0.533. The van der Waals surface area contributed by atoms with E-state index in [1.165, 1.54) is 0 Å².